The molecule has 0 aromatic heterocycles. The number of hydrogen-bond donors (Lipinski definition) is 1. The van der Waals surface area contributed by atoms with Gasteiger partial charge in [-0.1, -0.05) is 0 Å². The number of ether oxygens (including phenoxy) is 1. The molecule has 0 amide bonds. The molecule has 1 aliphatic heterocycles. The Morgan fingerprint density at radius 1 is 1.64 bits per heavy atom. The molecular formula is C8H16FNO. The number of hydrogen-bond acceptors (Lipinski definition) is 2. The van der Waals surface area contributed by atoms with E-state index < -0.39 is 5.67 Å². The maximum Gasteiger partial charge on any atom is 0.147 e. The molecule has 0 bridgehead atoms. The van der Waals surface area contributed by atoms with E-state index in [1.165, 1.54) is 0 Å². The van der Waals surface area contributed by atoms with Crippen LogP contribution in [-0.4, -0.2) is 31.5 Å². The molecule has 1 aliphatic rings. The molecule has 0 radical (unpaired) electrons. The monoisotopic (exact) mass is 161 g/mol. The van der Waals surface area contributed by atoms with Crippen molar-refractivity contribution in [2.75, 3.05) is 19.7 Å². The van der Waals surface area contributed by atoms with Gasteiger partial charge in [0.2, 0.25) is 0 Å². The summed E-state index contributed by atoms with van der Waals surface area (Å²) in [5, 5.41) is 2.98. The first-order valence-electron chi connectivity index (χ1n) is 4.14. The van der Waals surface area contributed by atoms with Crippen molar-refractivity contribution in [3.8, 4) is 0 Å². The van der Waals surface area contributed by atoms with Crippen LogP contribution in [0.1, 0.15) is 20.3 Å². The highest BCUT2D eigenvalue weighted by molar-refractivity contribution is 4.88. The molecule has 1 heterocycles. The van der Waals surface area contributed by atoms with E-state index in [2.05, 4.69) is 5.32 Å². The lowest BCUT2D eigenvalue weighted by molar-refractivity contribution is -0.00442. The van der Waals surface area contributed by atoms with Crippen molar-refractivity contribution in [1.82, 2.24) is 5.32 Å². The van der Waals surface area contributed by atoms with E-state index in [9.17, 15) is 4.39 Å². The van der Waals surface area contributed by atoms with Crippen LogP contribution in [0, 0.1) is 0 Å². The maximum absolute atomic E-state index is 13.5. The fourth-order valence-electron chi connectivity index (χ4n) is 1.15. The second kappa shape index (κ2) is 3.50. The number of alkyl halides is 1. The highest BCUT2D eigenvalue weighted by Crippen LogP contribution is 2.20. The van der Waals surface area contributed by atoms with E-state index in [0.717, 1.165) is 6.54 Å². The van der Waals surface area contributed by atoms with Crippen LogP contribution in [0.3, 0.4) is 0 Å². The van der Waals surface area contributed by atoms with Gasteiger partial charge in [-0.05, 0) is 26.8 Å². The third-order valence-corrected chi connectivity index (χ3v) is 1.87. The van der Waals surface area contributed by atoms with Crippen LogP contribution in [0.25, 0.3) is 0 Å². The first-order valence-corrected chi connectivity index (χ1v) is 4.14. The lowest BCUT2D eigenvalue weighted by Gasteiger charge is -2.19. The maximum atomic E-state index is 13.5. The quantitative estimate of drug-likeness (QED) is 0.669. The third kappa shape index (κ3) is 2.75. The average Bonchev–Trinajstić information content (AvgIpc) is 2.33. The number of nitrogens with one attached hydrogen (secondary N) is 1. The van der Waals surface area contributed by atoms with E-state index >= 15 is 0 Å². The lowest BCUT2D eigenvalue weighted by atomic mass is 10.1. The summed E-state index contributed by atoms with van der Waals surface area (Å²) in [6.45, 7) is 5.30. The molecule has 0 saturated carbocycles. The van der Waals surface area contributed by atoms with Crippen LogP contribution >= 0.6 is 0 Å². The summed E-state index contributed by atoms with van der Waals surface area (Å²) in [5.74, 6) is 0. The molecule has 66 valence electrons. The molecule has 0 aliphatic carbocycles. The normalized spacial score (nSPS) is 31.6. The summed E-state index contributed by atoms with van der Waals surface area (Å²) >= 11 is 0. The highest BCUT2D eigenvalue weighted by atomic mass is 19.1. The molecule has 1 unspecified atom stereocenters. The summed E-state index contributed by atoms with van der Waals surface area (Å²) in [6.07, 6.45) is 0.711. The van der Waals surface area contributed by atoms with Crippen molar-refractivity contribution in [2.45, 2.75) is 32.0 Å². The predicted octanol–water partition coefficient (Wildman–Crippen LogP) is 1.11. The van der Waals surface area contributed by atoms with Gasteiger partial charge in [0, 0.05) is 6.54 Å². The Balaban J connectivity index is 2.23. The minimum absolute atomic E-state index is 0.128. The molecule has 0 aromatic rings. The van der Waals surface area contributed by atoms with Crippen molar-refractivity contribution < 1.29 is 9.13 Å². The van der Waals surface area contributed by atoms with Crippen LogP contribution in [-0.2, 0) is 4.74 Å². The summed E-state index contributed by atoms with van der Waals surface area (Å²) in [4.78, 5) is 0. The van der Waals surface area contributed by atoms with Gasteiger partial charge in [-0.3, -0.25) is 0 Å². The third-order valence-electron chi connectivity index (χ3n) is 1.87. The standard InChI is InChI=1S/C8H16FNO/c1-7(2)11-6-8(9)3-4-10-5-8/h7,10H,3-6H2,1-2H3. The van der Waals surface area contributed by atoms with Gasteiger partial charge in [-0.15, -0.1) is 0 Å². The molecule has 2 nitrogen and oxygen atoms in total. The Morgan fingerprint density at radius 2 is 2.36 bits per heavy atom. The first kappa shape index (κ1) is 8.94. The number of halogens is 1. The van der Waals surface area contributed by atoms with Crippen molar-refractivity contribution >= 4 is 0 Å². The Bertz CT molecular complexity index is 121. The Kier molecular flexibility index (Phi) is 2.84. The highest BCUT2D eigenvalue weighted by Gasteiger charge is 2.33. The first-order chi connectivity index (χ1) is 5.12. The molecule has 0 aromatic carbocycles. The van der Waals surface area contributed by atoms with E-state index in [4.69, 9.17) is 4.74 Å². The molecule has 1 rings (SSSR count). The molecule has 3 heteroatoms. The molecule has 1 fully saturated rings. The summed E-state index contributed by atoms with van der Waals surface area (Å²) in [5.41, 5.74) is -1.11. The van der Waals surface area contributed by atoms with Crippen molar-refractivity contribution in [3.63, 3.8) is 0 Å². The zero-order valence-corrected chi connectivity index (χ0v) is 7.19. The summed E-state index contributed by atoms with van der Waals surface area (Å²) in [7, 11) is 0. The van der Waals surface area contributed by atoms with Gasteiger partial charge in [-0.25, -0.2) is 4.39 Å². The minimum atomic E-state index is -1.11. The van der Waals surface area contributed by atoms with E-state index in [0.29, 0.717) is 13.0 Å². The average molecular weight is 161 g/mol. The van der Waals surface area contributed by atoms with Crippen LogP contribution in [0.2, 0.25) is 0 Å². The van der Waals surface area contributed by atoms with Gasteiger partial charge in [0.05, 0.1) is 12.7 Å². The Labute approximate surface area is 67.1 Å². The van der Waals surface area contributed by atoms with E-state index in [-0.39, 0.29) is 12.7 Å². The van der Waals surface area contributed by atoms with Gasteiger partial charge >= 0.3 is 0 Å². The Morgan fingerprint density at radius 3 is 2.82 bits per heavy atom. The fourth-order valence-corrected chi connectivity index (χ4v) is 1.15. The van der Waals surface area contributed by atoms with Crippen LogP contribution in [0.4, 0.5) is 4.39 Å². The topological polar surface area (TPSA) is 21.3 Å². The summed E-state index contributed by atoms with van der Waals surface area (Å²) in [6, 6.07) is 0. The van der Waals surface area contributed by atoms with E-state index in [1.54, 1.807) is 0 Å². The van der Waals surface area contributed by atoms with E-state index in [1.807, 2.05) is 13.8 Å². The molecule has 1 N–H and O–H groups in total. The van der Waals surface area contributed by atoms with Crippen LogP contribution in [0.15, 0.2) is 0 Å². The lowest BCUT2D eigenvalue weighted by Crippen LogP contribution is -2.33. The van der Waals surface area contributed by atoms with Gasteiger partial charge in [0.1, 0.15) is 5.67 Å². The van der Waals surface area contributed by atoms with Gasteiger partial charge < -0.3 is 10.1 Å². The molecule has 1 atom stereocenters. The van der Waals surface area contributed by atoms with Crippen molar-refractivity contribution in [2.24, 2.45) is 0 Å². The molecule has 11 heavy (non-hydrogen) atoms. The second-order valence-electron chi connectivity index (χ2n) is 3.44. The van der Waals surface area contributed by atoms with Crippen LogP contribution < -0.4 is 5.32 Å². The second-order valence-corrected chi connectivity index (χ2v) is 3.44. The minimum Gasteiger partial charge on any atom is -0.375 e. The van der Waals surface area contributed by atoms with Gasteiger partial charge in [-0.2, -0.15) is 0 Å². The van der Waals surface area contributed by atoms with Crippen molar-refractivity contribution in [1.29, 1.82) is 0 Å². The molecule has 0 spiro atoms. The zero-order valence-electron chi connectivity index (χ0n) is 7.19. The largest absolute Gasteiger partial charge is 0.375 e. The van der Waals surface area contributed by atoms with Gasteiger partial charge in [0.25, 0.3) is 0 Å². The number of rotatable bonds is 3. The fraction of sp³-hybridized carbons (Fsp3) is 1.00. The summed E-state index contributed by atoms with van der Waals surface area (Å²) < 4.78 is 18.7. The molecule has 1 saturated heterocycles. The predicted molar refractivity (Wildman–Crippen MR) is 42.4 cm³/mol. The smallest absolute Gasteiger partial charge is 0.147 e. The Hall–Kier alpha value is -0.150. The van der Waals surface area contributed by atoms with Crippen molar-refractivity contribution in [3.05, 3.63) is 0 Å². The van der Waals surface area contributed by atoms with Crippen LogP contribution in [0.5, 0.6) is 0 Å². The van der Waals surface area contributed by atoms with Gasteiger partial charge in [0.15, 0.2) is 0 Å². The zero-order chi connectivity index (χ0) is 8.32. The molecular weight excluding hydrogens is 145 g/mol. The SMILES string of the molecule is CC(C)OCC1(F)CCNC1.